The molecule has 7 heteroatoms. The minimum Gasteiger partial charge on any atom is -0.456 e. The summed E-state index contributed by atoms with van der Waals surface area (Å²) in [6.07, 6.45) is 2.94. The summed E-state index contributed by atoms with van der Waals surface area (Å²) in [6.45, 7) is 0.562. The van der Waals surface area contributed by atoms with Gasteiger partial charge in [-0.25, -0.2) is 9.78 Å². The predicted octanol–water partition coefficient (Wildman–Crippen LogP) is 4.40. The standard InChI is InChI=1S/C26H23N3O3S/c30-23(27-14-17-7-2-1-3-8-17)13-24-28-18(16-33-24)15-32-26(31)25-19-9-4-5-11-21(19)29-22-12-6-10-20(22)25/h1-5,7-9,11,16H,6,10,12-15H2,(H,27,30). The van der Waals surface area contributed by atoms with E-state index in [0.29, 0.717) is 22.8 Å². The first-order valence-electron chi connectivity index (χ1n) is 11.0. The average Bonchev–Trinajstić information content (AvgIpc) is 3.49. The fraction of sp³-hybridized carbons (Fsp3) is 0.231. The van der Waals surface area contributed by atoms with Crippen molar-refractivity contribution in [3.8, 4) is 0 Å². The molecule has 166 valence electrons. The number of para-hydroxylation sites is 1. The zero-order valence-corrected chi connectivity index (χ0v) is 18.9. The fourth-order valence-electron chi connectivity index (χ4n) is 4.15. The van der Waals surface area contributed by atoms with E-state index >= 15 is 0 Å². The molecule has 0 spiro atoms. The van der Waals surface area contributed by atoms with E-state index in [9.17, 15) is 9.59 Å². The molecule has 2 heterocycles. The molecule has 0 bridgehead atoms. The summed E-state index contributed by atoms with van der Waals surface area (Å²) in [5, 5.41) is 6.27. The van der Waals surface area contributed by atoms with Gasteiger partial charge in [0.2, 0.25) is 5.91 Å². The predicted molar refractivity (Wildman–Crippen MR) is 127 cm³/mol. The molecule has 2 aromatic carbocycles. The van der Waals surface area contributed by atoms with Crippen molar-refractivity contribution in [3.63, 3.8) is 0 Å². The maximum absolute atomic E-state index is 13.1. The van der Waals surface area contributed by atoms with Gasteiger partial charge < -0.3 is 10.1 Å². The summed E-state index contributed by atoms with van der Waals surface area (Å²) in [5.74, 6) is -0.433. The lowest BCUT2D eigenvalue weighted by Gasteiger charge is -2.11. The van der Waals surface area contributed by atoms with Crippen LogP contribution < -0.4 is 5.32 Å². The Bertz CT molecular complexity index is 1320. The molecule has 0 fully saturated rings. The number of hydrogen-bond acceptors (Lipinski definition) is 6. The quantitative estimate of drug-likeness (QED) is 0.416. The Balaban J connectivity index is 1.22. The normalized spacial score (nSPS) is 12.5. The molecule has 0 unspecified atom stereocenters. The van der Waals surface area contributed by atoms with Gasteiger partial charge in [0.15, 0.2) is 0 Å². The van der Waals surface area contributed by atoms with Crippen molar-refractivity contribution in [2.45, 2.75) is 38.8 Å². The van der Waals surface area contributed by atoms with Crippen LogP contribution in [-0.4, -0.2) is 21.8 Å². The third-order valence-corrected chi connectivity index (χ3v) is 6.62. The number of benzene rings is 2. The minimum atomic E-state index is -0.345. The zero-order chi connectivity index (χ0) is 22.6. The number of carbonyl (C=O) groups excluding carboxylic acids is 2. The molecule has 1 amide bonds. The molecule has 4 aromatic rings. The van der Waals surface area contributed by atoms with E-state index in [1.807, 2.05) is 60.0 Å². The molecule has 0 saturated carbocycles. The lowest BCUT2D eigenvalue weighted by atomic mass is 10.0. The molecule has 0 radical (unpaired) electrons. The van der Waals surface area contributed by atoms with Crippen molar-refractivity contribution in [3.05, 3.63) is 93.1 Å². The smallest absolute Gasteiger partial charge is 0.339 e. The Labute approximate surface area is 195 Å². The maximum atomic E-state index is 13.1. The highest BCUT2D eigenvalue weighted by atomic mass is 32.1. The maximum Gasteiger partial charge on any atom is 0.339 e. The van der Waals surface area contributed by atoms with Gasteiger partial charge in [0.05, 0.1) is 23.2 Å². The number of esters is 1. The second-order valence-electron chi connectivity index (χ2n) is 8.03. The summed E-state index contributed by atoms with van der Waals surface area (Å²) >= 11 is 1.40. The summed E-state index contributed by atoms with van der Waals surface area (Å²) in [5.41, 5.74) is 5.15. The van der Waals surface area contributed by atoms with Crippen LogP contribution in [0.5, 0.6) is 0 Å². The third-order valence-electron chi connectivity index (χ3n) is 5.72. The fourth-order valence-corrected chi connectivity index (χ4v) is 4.93. The number of aryl methyl sites for hydroxylation is 1. The molecule has 0 saturated heterocycles. The topological polar surface area (TPSA) is 81.2 Å². The Hall–Kier alpha value is -3.58. The van der Waals surface area contributed by atoms with E-state index in [-0.39, 0.29) is 24.9 Å². The van der Waals surface area contributed by atoms with E-state index in [4.69, 9.17) is 9.72 Å². The molecule has 33 heavy (non-hydrogen) atoms. The van der Waals surface area contributed by atoms with Crippen molar-refractivity contribution in [1.82, 2.24) is 15.3 Å². The largest absolute Gasteiger partial charge is 0.456 e. The Morgan fingerprint density at radius 1 is 1.00 bits per heavy atom. The number of hydrogen-bond donors (Lipinski definition) is 1. The summed E-state index contributed by atoms with van der Waals surface area (Å²) in [4.78, 5) is 34.5. The van der Waals surface area contributed by atoms with Crippen LogP contribution in [0.4, 0.5) is 0 Å². The molecule has 5 rings (SSSR count). The summed E-state index contributed by atoms with van der Waals surface area (Å²) in [6, 6.07) is 17.5. The van der Waals surface area contributed by atoms with E-state index in [1.165, 1.54) is 11.3 Å². The van der Waals surface area contributed by atoms with Crippen LogP contribution in [0.2, 0.25) is 0 Å². The minimum absolute atomic E-state index is 0.0758. The van der Waals surface area contributed by atoms with Crippen LogP contribution in [0.15, 0.2) is 60.0 Å². The van der Waals surface area contributed by atoms with E-state index < -0.39 is 0 Å². The van der Waals surface area contributed by atoms with Gasteiger partial charge in [-0.05, 0) is 36.5 Å². The van der Waals surface area contributed by atoms with Crippen molar-refractivity contribution in [2.24, 2.45) is 0 Å². The number of nitrogens with zero attached hydrogens (tertiary/aromatic N) is 2. The number of carbonyl (C=O) groups is 2. The van der Waals surface area contributed by atoms with Crippen LogP contribution in [-0.2, 0) is 41.9 Å². The zero-order valence-electron chi connectivity index (χ0n) is 18.0. The number of nitrogens with one attached hydrogen (secondary N) is 1. The van der Waals surface area contributed by atoms with Gasteiger partial charge in [0.1, 0.15) is 11.6 Å². The van der Waals surface area contributed by atoms with Gasteiger partial charge in [-0.15, -0.1) is 11.3 Å². The molecule has 1 aliphatic carbocycles. The first-order chi connectivity index (χ1) is 16.2. The van der Waals surface area contributed by atoms with Crippen LogP contribution >= 0.6 is 11.3 Å². The van der Waals surface area contributed by atoms with Crippen molar-refractivity contribution < 1.29 is 14.3 Å². The number of aromatic nitrogens is 2. The van der Waals surface area contributed by atoms with Crippen LogP contribution in [0.1, 0.15) is 44.3 Å². The molecular formula is C26H23N3O3S. The number of ether oxygens (including phenoxy) is 1. The molecule has 1 aliphatic rings. The Morgan fingerprint density at radius 3 is 2.70 bits per heavy atom. The first kappa shape index (κ1) is 21.3. The van der Waals surface area contributed by atoms with Gasteiger partial charge in [0.25, 0.3) is 0 Å². The molecule has 0 atom stereocenters. The lowest BCUT2D eigenvalue weighted by molar-refractivity contribution is -0.120. The Kier molecular flexibility index (Phi) is 6.13. The average molecular weight is 458 g/mol. The van der Waals surface area contributed by atoms with Crippen molar-refractivity contribution >= 4 is 34.1 Å². The Morgan fingerprint density at radius 2 is 1.82 bits per heavy atom. The molecular weight excluding hydrogens is 434 g/mol. The monoisotopic (exact) mass is 457 g/mol. The number of fused-ring (bicyclic) bond motifs is 2. The lowest BCUT2D eigenvalue weighted by Crippen LogP contribution is -2.24. The summed E-state index contributed by atoms with van der Waals surface area (Å²) < 4.78 is 5.65. The SMILES string of the molecule is O=C(Cc1nc(COC(=O)c2c3c(nc4ccccc24)CCC3)cs1)NCc1ccccc1. The van der Waals surface area contributed by atoms with Gasteiger partial charge in [0, 0.05) is 23.0 Å². The second-order valence-corrected chi connectivity index (χ2v) is 8.97. The molecule has 1 N–H and O–H groups in total. The van der Waals surface area contributed by atoms with E-state index in [0.717, 1.165) is 47.0 Å². The molecule has 2 aromatic heterocycles. The molecule has 0 aliphatic heterocycles. The van der Waals surface area contributed by atoms with Gasteiger partial charge in [-0.1, -0.05) is 48.5 Å². The third kappa shape index (κ3) is 4.78. The highest BCUT2D eigenvalue weighted by Gasteiger charge is 2.24. The number of rotatable bonds is 7. The number of pyridine rings is 1. The number of amides is 1. The highest BCUT2D eigenvalue weighted by Crippen LogP contribution is 2.30. The van der Waals surface area contributed by atoms with E-state index in [2.05, 4.69) is 10.3 Å². The van der Waals surface area contributed by atoms with Crippen LogP contribution in [0.3, 0.4) is 0 Å². The summed E-state index contributed by atoms with van der Waals surface area (Å²) in [7, 11) is 0. The van der Waals surface area contributed by atoms with Gasteiger partial charge in [-0.3, -0.25) is 9.78 Å². The van der Waals surface area contributed by atoms with E-state index in [1.54, 1.807) is 0 Å². The van der Waals surface area contributed by atoms with Gasteiger partial charge in [-0.2, -0.15) is 0 Å². The number of thiazole rings is 1. The van der Waals surface area contributed by atoms with Crippen LogP contribution in [0, 0.1) is 0 Å². The first-order valence-corrected chi connectivity index (χ1v) is 11.9. The van der Waals surface area contributed by atoms with Crippen LogP contribution in [0.25, 0.3) is 10.9 Å². The molecule has 6 nitrogen and oxygen atoms in total. The highest BCUT2D eigenvalue weighted by molar-refractivity contribution is 7.09. The van der Waals surface area contributed by atoms with Crippen molar-refractivity contribution in [2.75, 3.05) is 0 Å². The van der Waals surface area contributed by atoms with Crippen molar-refractivity contribution in [1.29, 1.82) is 0 Å². The van der Waals surface area contributed by atoms with Gasteiger partial charge >= 0.3 is 5.97 Å². The second kappa shape index (κ2) is 9.50.